The van der Waals surface area contributed by atoms with E-state index in [1.165, 1.54) is 0 Å². The van der Waals surface area contributed by atoms with E-state index in [9.17, 15) is 10.1 Å². The highest BCUT2D eigenvalue weighted by molar-refractivity contribution is 5.67. The topological polar surface area (TPSA) is 58.4 Å². The van der Waals surface area contributed by atoms with Crippen LogP contribution in [0.2, 0.25) is 0 Å². The van der Waals surface area contributed by atoms with Crippen LogP contribution in [0.15, 0.2) is 18.2 Å². The van der Waals surface area contributed by atoms with Gasteiger partial charge in [-0.15, -0.1) is 0 Å². The van der Waals surface area contributed by atoms with E-state index in [1.807, 2.05) is 25.1 Å². The highest BCUT2D eigenvalue weighted by Crippen LogP contribution is 2.33. The van der Waals surface area contributed by atoms with Crippen LogP contribution >= 0.6 is 0 Å². The van der Waals surface area contributed by atoms with Crippen molar-refractivity contribution in [2.24, 2.45) is 5.92 Å². The van der Waals surface area contributed by atoms with Gasteiger partial charge in [-0.1, -0.05) is 12.1 Å². The lowest BCUT2D eigenvalue weighted by Crippen LogP contribution is -2.39. The summed E-state index contributed by atoms with van der Waals surface area (Å²) in [7, 11) is 0. The Morgan fingerprint density at radius 1 is 1.38 bits per heavy atom. The second kappa shape index (κ2) is 6.89. The number of aryl methyl sites for hydroxylation is 1. The van der Waals surface area contributed by atoms with Crippen molar-refractivity contribution in [1.82, 2.24) is 5.32 Å². The molecule has 1 aliphatic heterocycles. The minimum Gasteiger partial charge on any atom is -0.363 e. The van der Waals surface area contributed by atoms with Crippen molar-refractivity contribution >= 4 is 11.4 Å². The van der Waals surface area contributed by atoms with Gasteiger partial charge in [0.05, 0.1) is 4.92 Å². The lowest BCUT2D eigenvalue weighted by atomic mass is 9.96. The Labute approximate surface area is 126 Å². The summed E-state index contributed by atoms with van der Waals surface area (Å²) < 4.78 is 0. The third kappa shape index (κ3) is 3.73. The standard InChI is InChI=1S/C16H25N3O2/c1-12(2)18(11-14-7-9-17-10-8-14)15-6-4-5-13(3)16(15)19(20)21/h4-6,12,14,17H,7-11H2,1-3H3. The molecule has 1 aromatic carbocycles. The van der Waals surface area contributed by atoms with E-state index in [0.29, 0.717) is 5.92 Å². The molecule has 0 radical (unpaired) electrons. The zero-order valence-corrected chi connectivity index (χ0v) is 13.1. The quantitative estimate of drug-likeness (QED) is 0.669. The number of hydrogen-bond acceptors (Lipinski definition) is 4. The zero-order chi connectivity index (χ0) is 15.4. The smallest absolute Gasteiger partial charge is 0.295 e. The maximum Gasteiger partial charge on any atom is 0.295 e. The predicted octanol–water partition coefficient (Wildman–Crippen LogP) is 3.12. The maximum atomic E-state index is 11.4. The second-order valence-corrected chi connectivity index (χ2v) is 6.14. The molecule has 0 amide bonds. The van der Waals surface area contributed by atoms with Crippen LogP contribution in [-0.2, 0) is 0 Å². The first-order chi connectivity index (χ1) is 10.0. The lowest BCUT2D eigenvalue weighted by molar-refractivity contribution is -0.384. The largest absolute Gasteiger partial charge is 0.363 e. The first-order valence-electron chi connectivity index (χ1n) is 7.72. The van der Waals surface area contributed by atoms with Gasteiger partial charge in [-0.3, -0.25) is 10.1 Å². The Morgan fingerprint density at radius 3 is 2.62 bits per heavy atom. The normalized spacial score (nSPS) is 16.2. The molecule has 116 valence electrons. The molecule has 2 rings (SSSR count). The van der Waals surface area contributed by atoms with Gasteiger partial charge in [0.25, 0.3) is 5.69 Å². The molecule has 0 unspecified atom stereocenters. The monoisotopic (exact) mass is 291 g/mol. The van der Waals surface area contributed by atoms with Crippen LogP contribution in [0.5, 0.6) is 0 Å². The summed E-state index contributed by atoms with van der Waals surface area (Å²) >= 11 is 0. The Kier molecular flexibility index (Phi) is 5.17. The minimum absolute atomic E-state index is 0.248. The fourth-order valence-corrected chi connectivity index (χ4v) is 3.04. The fourth-order valence-electron chi connectivity index (χ4n) is 3.04. The summed E-state index contributed by atoms with van der Waals surface area (Å²) in [5, 5.41) is 14.8. The van der Waals surface area contributed by atoms with Crippen LogP contribution in [0.25, 0.3) is 0 Å². The number of rotatable bonds is 5. The van der Waals surface area contributed by atoms with Crippen LogP contribution < -0.4 is 10.2 Å². The van der Waals surface area contributed by atoms with E-state index < -0.39 is 0 Å². The first-order valence-corrected chi connectivity index (χ1v) is 7.72. The second-order valence-electron chi connectivity index (χ2n) is 6.14. The van der Waals surface area contributed by atoms with Gasteiger partial charge >= 0.3 is 0 Å². The van der Waals surface area contributed by atoms with Gasteiger partial charge in [0.2, 0.25) is 0 Å². The predicted molar refractivity (Wildman–Crippen MR) is 85.9 cm³/mol. The number of hydrogen-bond donors (Lipinski definition) is 1. The number of nitrogens with one attached hydrogen (secondary N) is 1. The Hall–Kier alpha value is -1.62. The van der Waals surface area contributed by atoms with E-state index in [-0.39, 0.29) is 16.7 Å². The number of para-hydroxylation sites is 1. The van der Waals surface area contributed by atoms with E-state index >= 15 is 0 Å². The Balaban J connectivity index is 2.29. The van der Waals surface area contributed by atoms with Crippen LogP contribution in [0.3, 0.4) is 0 Å². The lowest BCUT2D eigenvalue weighted by Gasteiger charge is -2.34. The van der Waals surface area contributed by atoms with Crippen molar-refractivity contribution < 1.29 is 4.92 Å². The van der Waals surface area contributed by atoms with Crippen LogP contribution in [0, 0.1) is 23.0 Å². The molecule has 1 heterocycles. The summed E-state index contributed by atoms with van der Waals surface area (Å²) in [4.78, 5) is 13.4. The van der Waals surface area contributed by atoms with E-state index in [2.05, 4.69) is 24.1 Å². The summed E-state index contributed by atoms with van der Waals surface area (Å²) in [6, 6.07) is 5.85. The van der Waals surface area contributed by atoms with Crippen molar-refractivity contribution in [3.8, 4) is 0 Å². The zero-order valence-electron chi connectivity index (χ0n) is 13.1. The van der Waals surface area contributed by atoms with Crippen LogP contribution in [0.1, 0.15) is 32.3 Å². The van der Waals surface area contributed by atoms with E-state index in [0.717, 1.165) is 43.7 Å². The molecule has 0 aliphatic carbocycles. The molecule has 0 atom stereocenters. The third-order valence-electron chi connectivity index (χ3n) is 4.25. The molecule has 1 aromatic rings. The minimum atomic E-state index is -0.248. The van der Waals surface area contributed by atoms with Crippen molar-refractivity contribution in [1.29, 1.82) is 0 Å². The molecule has 1 N–H and O–H groups in total. The van der Waals surface area contributed by atoms with E-state index in [4.69, 9.17) is 0 Å². The molecule has 0 saturated carbocycles. The molecule has 1 aliphatic rings. The van der Waals surface area contributed by atoms with Crippen LogP contribution in [0.4, 0.5) is 11.4 Å². The third-order valence-corrected chi connectivity index (χ3v) is 4.25. The number of piperidine rings is 1. The van der Waals surface area contributed by atoms with Crippen molar-refractivity contribution in [2.45, 2.75) is 39.7 Å². The van der Waals surface area contributed by atoms with Gasteiger partial charge in [0.15, 0.2) is 0 Å². The SMILES string of the molecule is Cc1cccc(N(CC2CCNCC2)C(C)C)c1[N+](=O)[O-]. The Morgan fingerprint density at radius 2 is 2.05 bits per heavy atom. The van der Waals surface area contributed by atoms with Gasteiger partial charge in [-0.2, -0.15) is 0 Å². The molecule has 1 fully saturated rings. The fraction of sp³-hybridized carbons (Fsp3) is 0.625. The molecule has 1 saturated heterocycles. The first kappa shape index (κ1) is 15.8. The molecule has 0 spiro atoms. The molecule has 5 nitrogen and oxygen atoms in total. The summed E-state index contributed by atoms with van der Waals surface area (Å²) in [6.07, 6.45) is 2.28. The number of benzene rings is 1. The molecule has 21 heavy (non-hydrogen) atoms. The molecule has 0 bridgehead atoms. The number of anilines is 1. The van der Waals surface area contributed by atoms with Crippen molar-refractivity contribution in [3.63, 3.8) is 0 Å². The summed E-state index contributed by atoms with van der Waals surface area (Å²) in [5.74, 6) is 0.605. The van der Waals surface area contributed by atoms with E-state index in [1.54, 1.807) is 0 Å². The Bertz CT molecular complexity index is 496. The van der Waals surface area contributed by atoms with Gasteiger partial charge < -0.3 is 10.2 Å². The highest BCUT2D eigenvalue weighted by Gasteiger charge is 2.26. The number of nitrogens with zero attached hydrogens (tertiary/aromatic N) is 2. The van der Waals surface area contributed by atoms with Gasteiger partial charge in [0, 0.05) is 18.2 Å². The van der Waals surface area contributed by atoms with Gasteiger partial charge in [-0.25, -0.2) is 0 Å². The van der Waals surface area contributed by atoms with Crippen molar-refractivity contribution in [3.05, 3.63) is 33.9 Å². The maximum absolute atomic E-state index is 11.4. The molecule has 5 heteroatoms. The highest BCUT2D eigenvalue weighted by atomic mass is 16.6. The summed E-state index contributed by atoms with van der Waals surface area (Å²) in [6.45, 7) is 9.01. The van der Waals surface area contributed by atoms with Gasteiger partial charge in [0.1, 0.15) is 5.69 Å². The average Bonchev–Trinajstić information content (AvgIpc) is 2.45. The van der Waals surface area contributed by atoms with Gasteiger partial charge in [-0.05, 0) is 58.7 Å². The molecular weight excluding hydrogens is 266 g/mol. The molecule has 0 aromatic heterocycles. The summed E-state index contributed by atoms with van der Waals surface area (Å²) in [5.41, 5.74) is 1.74. The number of nitro groups is 1. The average molecular weight is 291 g/mol. The number of nitro benzene ring substituents is 1. The molecular formula is C16H25N3O2. The van der Waals surface area contributed by atoms with Crippen molar-refractivity contribution in [2.75, 3.05) is 24.5 Å². The van der Waals surface area contributed by atoms with Crippen LogP contribution in [-0.4, -0.2) is 30.6 Å².